The maximum atomic E-state index is 11.9. The number of nitrogens with zero attached hydrogens (tertiary/aromatic N) is 1. The predicted octanol–water partition coefficient (Wildman–Crippen LogP) is 2.80. The second-order valence-electron chi connectivity index (χ2n) is 4.78. The van der Waals surface area contributed by atoms with Gasteiger partial charge in [0.25, 0.3) is 5.24 Å². The van der Waals surface area contributed by atoms with Gasteiger partial charge in [0.2, 0.25) is 11.8 Å². The fourth-order valence-electron chi connectivity index (χ4n) is 1.97. The normalized spacial score (nSPS) is 14.1. The van der Waals surface area contributed by atoms with Crippen LogP contribution in [0.2, 0.25) is 5.02 Å². The molecule has 1 aliphatic heterocycles. The summed E-state index contributed by atoms with van der Waals surface area (Å²) in [5.41, 5.74) is 1.04. The van der Waals surface area contributed by atoms with E-state index in [2.05, 4.69) is 10.6 Å². The number of carbonyl (C=O) groups excluding carboxylic acids is 3. The highest BCUT2D eigenvalue weighted by molar-refractivity contribution is 8.13. The highest BCUT2D eigenvalue weighted by atomic mass is 35.5. The number of hydrogen-bond donors (Lipinski definition) is 2. The van der Waals surface area contributed by atoms with Crippen LogP contribution in [0.4, 0.5) is 16.2 Å². The molecule has 1 aliphatic rings. The van der Waals surface area contributed by atoms with E-state index < -0.39 is 0 Å². The number of thioether (sulfide) groups is 1. The molecule has 6 nitrogen and oxygen atoms in total. The minimum atomic E-state index is -0.216. The molecule has 22 heavy (non-hydrogen) atoms. The maximum Gasteiger partial charge on any atom is 0.281 e. The molecule has 0 atom stereocenters. The van der Waals surface area contributed by atoms with Gasteiger partial charge in [-0.25, -0.2) is 0 Å². The lowest BCUT2D eigenvalue weighted by atomic mass is 10.2. The van der Waals surface area contributed by atoms with E-state index in [4.69, 9.17) is 11.6 Å². The molecule has 2 rings (SSSR count). The number of anilines is 2. The van der Waals surface area contributed by atoms with Gasteiger partial charge < -0.3 is 15.5 Å². The van der Waals surface area contributed by atoms with Gasteiger partial charge in [0.05, 0.1) is 10.7 Å². The number of halogens is 1. The predicted molar refractivity (Wildman–Crippen MR) is 88.4 cm³/mol. The molecule has 1 fully saturated rings. The molecule has 1 heterocycles. The van der Waals surface area contributed by atoms with Crippen LogP contribution in [0.15, 0.2) is 18.2 Å². The summed E-state index contributed by atoms with van der Waals surface area (Å²) < 4.78 is 0. The summed E-state index contributed by atoms with van der Waals surface area (Å²) in [5, 5.41) is 5.68. The molecule has 0 radical (unpaired) electrons. The monoisotopic (exact) mass is 341 g/mol. The molecule has 0 bridgehead atoms. The van der Waals surface area contributed by atoms with Crippen molar-refractivity contribution < 1.29 is 14.4 Å². The van der Waals surface area contributed by atoms with Crippen molar-refractivity contribution in [3.8, 4) is 0 Å². The SMILES string of the molecule is CC(=O)Nc1ccc(NC(=O)CCN2CCSC2=O)cc1Cl. The molecule has 2 N–H and O–H groups in total. The Balaban J connectivity index is 1.87. The smallest absolute Gasteiger partial charge is 0.281 e. The molecule has 8 heteroatoms. The summed E-state index contributed by atoms with van der Waals surface area (Å²) in [6.45, 7) is 2.49. The molecule has 1 saturated heterocycles. The van der Waals surface area contributed by atoms with Crippen LogP contribution >= 0.6 is 23.4 Å². The van der Waals surface area contributed by atoms with Crippen molar-refractivity contribution in [3.63, 3.8) is 0 Å². The molecule has 1 aromatic rings. The molecule has 0 spiro atoms. The second kappa shape index (κ2) is 7.51. The first kappa shape index (κ1) is 16.6. The van der Waals surface area contributed by atoms with Crippen LogP contribution in [0.25, 0.3) is 0 Å². The van der Waals surface area contributed by atoms with E-state index in [0.717, 1.165) is 5.75 Å². The van der Waals surface area contributed by atoms with Crippen molar-refractivity contribution >= 4 is 51.8 Å². The quantitative estimate of drug-likeness (QED) is 0.863. The van der Waals surface area contributed by atoms with Gasteiger partial charge in [-0.3, -0.25) is 14.4 Å². The molecular weight excluding hydrogens is 326 g/mol. The summed E-state index contributed by atoms with van der Waals surface area (Å²) in [6, 6.07) is 4.85. The number of carbonyl (C=O) groups is 3. The first-order chi connectivity index (χ1) is 10.5. The Morgan fingerprint density at radius 1 is 1.36 bits per heavy atom. The van der Waals surface area contributed by atoms with E-state index in [9.17, 15) is 14.4 Å². The van der Waals surface area contributed by atoms with Crippen LogP contribution in [0.5, 0.6) is 0 Å². The Hall–Kier alpha value is -1.73. The number of benzene rings is 1. The van der Waals surface area contributed by atoms with Crippen LogP contribution in [0, 0.1) is 0 Å². The summed E-state index contributed by atoms with van der Waals surface area (Å²) >= 11 is 7.31. The molecule has 3 amide bonds. The first-order valence-electron chi connectivity index (χ1n) is 6.74. The standard InChI is InChI=1S/C14H16ClN3O3S/c1-9(19)16-12-3-2-10(8-11(12)15)17-13(20)4-5-18-6-7-22-14(18)21/h2-3,8H,4-7H2,1H3,(H,16,19)(H,17,20). The van der Waals surface area contributed by atoms with Gasteiger partial charge in [-0.2, -0.15) is 0 Å². The van der Waals surface area contributed by atoms with E-state index in [1.54, 1.807) is 23.1 Å². The van der Waals surface area contributed by atoms with Crippen LogP contribution < -0.4 is 10.6 Å². The number of nitrogens with one attached hydrogen (secondary N) is 2. The Kier molecular flexibility index (Phi) is 5.68. The number of hydrogen-bond acceptors (Lipinski definition) is 4. The van der Waals surface area contributed by atoms with Gasteiger partial charge >= 0.3 is 0 Å². The van der Waals surface area contributed by atoms with Gasteiger partial charge in [-0.1, -0.05) is 23.4 Å². The van der Waals surface area contributed by atoms with E-state index in [-0.39, 0.29) is 23.5 Å². The minimum Gasteiger partial charge on any atom is -0.332 e. The maximum absolute atomic E-state index is 11.9. The Bertz CT molecular complexity index is 609. The molecule has 0 saturated carbocycles. The topological polar surface area (TPSA) is 78.5 Å². The summed E-state index contributed by atoms with van der Waals surface area (Å²) in [5.74, 6) is 0.376. The van der Waals surface area contributed by atoms with Crippen molar-refractivity contribution in [2.45, 2.75) is 13.3 Å². The third-order valence-electron chi connectivity index (χ3n) is 3.02. The molecule has 0 aromatic heterocycles. The zero-order valence-electron chi connectivity index (χ0n) is 12.0. The average molecular weight is 342 g/mol. The van der Waals surface area contributed by atoms with Crippen molar-refractivity contribution in [2.75, 3.05) is 29.5 Å². The van der Waals surface area contributed by atoms with Crippen LogP contribution in [-0.2, 0) is 9.59 Å². The number of rotatable bonds is 5. The van der Waals surface area contributed by atoms with E-state index in [1.165, 1.54) is 18.7 Å². The fourth-order valence-corrected chi connectivity index (χ4v) is 3.05. The van der Waals surface area contributed by atoms with Gasteiger partial charge in [-0.05, 0) is 18.2 Å². The number of amides is 3. The molecule has 0 unspecified atom stereocenters. The lowest BCUT2D eigenvalue weighted by Gasteiger charge is -2.14. The van der Waals surface area contributed by atoms with Gasteiger partial charge in [0, 0.05) is 37.9 Å². The zero-order chi connectivity index (χ0) is 16.1. The highest BCUT2D eigenvalue weighted by Gasteiger charge is 2.21. The third-order valence-corrected chi connectivity index (χ3v) is 4.22. The van der Waals surface area contributed by atoms with E-state index >= 15 is 0 Å². The molecule has 1 aromatic carbocycles. The van der Waals surface area contributed by atoms with Crippen molar-refractivity contribution in [2.24, 2.45) is 0 Å². The zero-order valence-corrected chi connectivity index (χ0v) is 13.6. The Morgan fingerprint density at radius 2 is 2.14 bits per heavy atom. The van der Waals surface area contributed by atoms with Crippen LogP contribution in [-0.4, -0.2) is 40.8 Å². The summed E-state index contributed by atoms with van der Waals surface area (Å²) in [6.07, 6.45) is 0.233. The van der Waals surface area contributed by atoms with Gasteiger partial charge in [-0.15, -0.1) is 0 Å². The van der Waals surface area contributed by atoms with Crippen molar-refractivity contribution in [1.29, 1.82) is 0 Å². The van der Waals surface area contributed by atoms with E-state index in [1.807, 2.05) is 0 Å². The average Bonchev–Trinajstić information content (AvgIpc) is 2.85. The van der Waals surface area contributed by atoms with E-state index in [0.29, 0.717) is 29.5 Å². The van der Waals surface area contributed by atoms with Crippen LogP contribution in [0.1, 0.15) is 13.3 Å². The lowest BCUT2D eigenvalue weighted by Crippen LogP contribution is -2.27. The Morgan fingerprint density at radius 3 is 2.73 bits per heavy atom. The lowest BCUT2D eigenvalue weighted by molar-refractivity contribution is -0.116. The minimum absolute atomic E-state index is 0.0236. The first-order valence-corrected chi connectivity index (χ1v) is 8.11. The van der Waals surface area contributed by atoms with Gasteiger partial charge in [0.1, 0.15) is 0 Å². The van der Waals surface area contributed by atoms with Crippen LogP contribution in [0.3, 0.4) is 0 Å². The van der Waals surface area contributed by atoms with Gasteiger partial charge in [0.15, 0.2) is 0 Å². The largest absolute Gasteiger partial charge is 0.332 e. The summed E-state index contributed by atoms with van der Waals surface area (Å²) in [4.78, 5) is 36.0. The Labute approximate surface area is 137 Å². The molecule has 118 valence electrons. The highest BCUT2D eigenvalue weighted by Crippen LogP contribution is 2.25. The van der Waals surface area contributed by atoms with Crippen molar-refractivity contribution in [1.82, 2.24) is 4.90 Å². The fraction of sp³-hybridized carbons (Fsp3) is 0.357. The third kappa shape index (κ3) is 4.64. The molecule has 0 aliphatic carbocycles. The molecular formula is C14H16ClN3O3S. The van der Waals surface area contributed by atoms with Crippen molar-refractivity contribution in [3.05, 3.63) is 23.2 Å². The summed E-state index contributed by atoms with van der Waals surface area (Å²) in [7, 11) is 0. The second-order valence-corrected chi connectivity index (χ2v) is 6.23.